The van der Waals surface area contributed by atoms with Gasteiger partial charge in [-0.2, -0.15) is 0 Å². The fourth-order valence-corrected chi connectivity index (χ4v) is 4.46. The maximum atomic E-state index is 12.8. The molecule has 0 saturated carbocycles. The molecule has 2 N–H and O–H groups in total. The zero-order valence-electron chi connectivity index (χ0n) is 9.00. The molecule has 0 spiro atoms. The van der Waals surface area contributed by atoms with Gasteiger partial charge in [0.15, 0.2) is 4.34 Å². The second-order valence-electron chi connectivity index (χ2n) is 3.44. The molecule has 0 aliphatic heterocycles. The average Bonchev–Trinajstić information content (AvgIpc) is 2.83. The van der Waals surface area contributed by atoms with Crippen molar-refractivity contribution in [3.63, 3.8) is 0 Å². The lowest BCUT2D eigenvalue weighted by Crippen LogP contribution is -2.40. The third-order valence-electron chi connectivity index (χ3n) is 2.48. The molecule has 1 heterocycles. The number of hydrogen-bond acceptors (Lipinski definition) is 4. The molecule has 1 aromatic carbocycles. The molecule has 0 unspecified atom stereocenters. The lowest BCUT2D eigenvalue weighted by Gasteiger charge is -2.30. The fourth-order valence-electron chi connectivity index (χ4n) is 1.36. The van der Waals surface area contributed by atoms with E-state index in [9.17, 15) is 9.42 Å². The summed E-state index contributed by atoms with van der Waals surface area (Å²) in [6.45, 7) is 7.00. The number of nitrogens with one attached hydrogen (secondary N) is 1. The van der Waals surface area contributed by atoms with Gasteiger partial charge in [0.2, 0.25) is 0 Å². The van der Waals surface area contributed by atoms with Crippen LogP contribution in [0.25, 0.3) is 10.2 Å². The van der Waals surface area contributed by atoms with E-state index >= 15 is 0 Å². The number of hydrogen-bond donors (Lipinski definition) is 2. The minimum atomic E-state index is -3.89. The van der Waals surface area contributed by atoms with E-state index in [0.29, 0.717) is 0 Å². The summed E-state index contributed by atoms with van der Waals surface area (Å²) in [6, 6.07) is 7.40. The van der Waals surface area contributed by atoms with Crippen molar-refractivity contribution in [1.29, 1.82) is 0 Å². The van der Waals surface area contributed by atoms with Gasteiger partial charge in [-0.25, -0.2) is 4.98 Å². The van der Waals surface area contributed by atoms with Crippen molar-refractivity contribution in [2.75, 3.05) is 0 Å². The van der Waals surface area contributed by atoms with Crippen LogP contribution in [0.15, 0.2) is 52.6 Å². The highest BCUT2D eigenvalue weighted by Gasteiger charge is 2.35. The molecule has 0 aliphatic rings. The van der Waals surface area contributed by atoms with Gasteiger partial charge in [0.1, 0.15) is 0 Å². The highest BCUT2D eigenvalue weighted by Crippen LogP contribution is 2.39. The molecule has 0 fully saturated rings. The lowest BCUT2D eigenvalue weighted by molar-refractivity contribution is 0.245. The molecule has 6 heteroatoms. The van der Waals surface area contributed by atoms with Gasteiger partial charge < -0.3 is 5.21 Å². The number of benzene rings is 1. The summed E-state index contributed by atoms with van der Waals surface area (Å²) in [6.07, 6.45) is 0. The Morgan fingerprint density at radius 1 is 1.35 bits per heavy atom. The van der Waals surface area contributed by atoms with Gasteiger partial charge in [-0.1, -0.05) is 25.3 Å². The van der Waals surface area contributed by atoms with Gasteiger partial charge in [0.05, 0.1) is 19.5 Å². The van der Waals surface area contributed by atoms with Crippen molar-refractivity contribution >= 4 is 30.8 Å². The van der Waals surface area contributed by atoms with Crippen LogP contribution in [-0.4, -0.2) is 14.4 Å². The smallest absolute Gasteiger partial charge is 0.181 e. The first-order valence-corrected chi connectivity index (χ1v) is 7.68. The molecule has 0 amide bonds. The number of nitrogens with zero attached hydrogens (tertiary/aromatic N) is 1. The van der Waals surface area contributed by atoms with Crippen molar-refractivity contribution in [2.45, 2.75) is 4.34 Å². The van der Waals surface area contributed by atoms with Crippen LogP contribution in [0.4, 0.5) is 0 Å². The number of rotatable bonds is 4. The minimum Gasteiger partial charge on any atom is -0.305 e. The first-order chi connectivity index (χ1) is 8.06. The fraction of sp³-hybridized carbons (Fsp3) is 0. The van der Waals surface area contributed by atoms with Gasteiger partial charge in [-0.3, -0.25) is 4.21 Å². The molecule has 2 aromatic rings. The molecule has 2 rings (SSSR count). The van der Waals surface area contributed by atoms with Gasteiger partial charge >= 0.3 is 0 Å². The van der Waals surface area contributed by atoms with E-state index in [1.54, 1.807) is 0 Å². The largest absolute Gasteiger partial charge is 0.305 e. The molecule has 0 atom stereocenters. The molecule has 0 aliphatic carbocycles. The van der Waals surface area contributed by atoms with Gasteiger partial charge in [-0.15, -0.1) is 16.2 Å². The van der Waals surface area contributed by atoms with Crippen molar-refractivity contribution in [1.82, 2.24) is 9.87 Å². The van der Waals surface area contributed by atoms with Gasteiger partial charge in [0, 0.05) is 0 Å². The summed E-state index contributed by atoms with van der Waals surface area (Å²) < 4.78 is 14.0. The first-order valence-electron chi connectivity index (χ1n) is 4.77. The third-order valence-corrected chi connectivity index (χ3v) is 7.11. The van der Waals surface area contributed by atoms with Crippen LogP contribution < -0.4 is 4.89 Å². The van der Waals surface area contributed by atoms with E-state index in [-0.39, 0.29) is 4.34 Å². The molecule has 0 radical (unpaired) electrons. The van der Waals surface area contributed by atoms with Crippen LogP contribution in [0.1, 0.15) is 0 Å². The summed E-state index contributed by atoms with van der Waals surface area (Å²) in [4.78, 5) is 6.09. The minimum absolute atomic E-state index is 0.260. The second-order valence-corrected chi connectivity index (χ2v) is 8.10. The summed E-state index contributed by atoms with van der Waals surface area (Å²) in [5.41, 5.74) is 0.727. The van der Waals surface area contributed by atoms with Crippen molar-refractivity contribution < 1.29 is 9.42 Å². The highest BCUT2D eigenvalue weighted by atomic mass is 32.3. The van der Waals surface area contributed by atoms with E-state index in [1.807, 2.05) is 29.2 Å². The Bertz CT molecular complexity index is 615. The second kappa shape index (κ2) is 3.85. The Morgan fingerprint density at radius 2 is 2.00 bits per heavy atom. The first kappa shape index (κ1) is 12.1. The number of thiazole rings is 1. The number of aromatic nitrogens is 1. The quantitative estimate of drug-likeness (QED) is 0.838. The van der Waals surface area contributed by atoms with Crippen LogP contribution in [0.2, 0.25) is 0 Å². The predicted octanol–water partition coefficient (Wildman–Crippen LogP) is 2.66. The molecule has 4 nitrogen and oxygen atoms in total. The molecule has 17 heavy (non-hydrogen) atoms. The molecule has 0 bridgehead atoms. The molecule has 90 valence electrons. The van der Waals surface area contributed by atoms with Crippen LogP contribution in [-0.2, 0) is 9.25 Å². The van der Waals surface area contributed by atoms with E-state index in [2.05, 4.69) is 18.1 Å². The van der Waals surface area contributed by atoms with Crippen molar-refractivity contribution in [3.8, 4) is 0 Å². The van der Waals surface area contributed by atoms with E-state index in [0.717, 1.165) is 21.0 Å². The Labute approximate surface area is 103 Å². The van der Waals surface area contributed by atoms with Crippen LogP contribution in [0, 0.1) is 0 Å². The van der Waals surface area contributed by atoms with E-state index < -0.39 is 9.25 Å². The van der Waals surface area contributed by atoms with Gasteiger partial charge in [-0.05, 0) is 22.9 Å². The van der Waals surface area contributed by atoms with E-state index in [4.69, 9.17) is 0 Å². The van der Waals surface area contributed by atoms with Gasteiger partial charge in [0.25, 0.3) is 0 Å². The van der Waals surface area contributed by atoms with E-state index in [1.165, 1.54) is 11.3 Å². The maximum Gasteiger partial charge on any atom is 0.181 e. The Kier molecular flexibility index (Phi) is 2.75. The standard InChI is InChI=1S/C11H12N2O2S2/c1-3-17(15,4-2,13-14)11-12-9-7-5-6-8-10(9)16-11/h3-8,14H,1-2H2,(H,13,15). The average molecular weight is 268 g/mol. The SMILES string of the molecule is C=CS(=O)(C=C)(NO)c1nc2ccccc2s1. The zero-order valence-corrected chi connectivity index (χ0v) is 10.6. The number of fused-ring (bicyclic) bond motifs is 1. The summed E-state index contributed by atoms with van der Waals surface area (Å²) in [5, 5.41) is 11.5. The Morgan fingerprint density at radius 3 is 2.53 bits per heavy atom. The third kappa shape index (κ3) is 1.66. The highest BCUT2D eigenvalue weighted by molar-refractivity contribution is 8.24. The topological polar surface area (TPSA) is 62.2 Å². The summed E-state index contributed by atoms with van der Waals surface area (Å²) >= 11 is 1.24. The Balaban J connectivity index is 2.79. The maximum absolute atomic E-state index is 12.8. The number of para-hydroxylation sites is 1. The lowest BCUT2D eigenvalue weighted by atomic mass is 10.3. The monoisotopic (exact) mass is 268 g/mol. The molecule has 1 aromatic heterocycles. The summed E-state index contributed by atoms with van der Waals surface area (Å²) in [7, 11) is -3.89. The zero-order chi connectivity index (χ0) is 12.5. The molecule has 0 saturated heterocycles. The molecular formula is C11H12N2O2S2. The van der Waals surface area contributed by atoms with Crippen LogP contribution in [0.5, 0.6) is 0 Å². The van der Waals surface area contributed by atoms with Crippen LogP contribution >= 0.6 is 11.3 Å². The van der Waals surface area contributed by atoms with Crippen LogP contribution in [0.3, 0.4) is 0 Å². The Hall–Kier alpha value is -1.34. The van der Waals surface area contributed by atoms with Crippen molar-refractivity contribution in [2.24, 2.45) is 0 Å². The normalized spacial score (nSPS) is 14.1. The summed E-state index contributed by atoms with van der Waals surface area (Å²) in [5.74, 6) is 0. The van der Waals surface area contributed by atoms with Crippen molar-refractivity contribution in [3.05, 3.63) is 48.2 Å². The molecular weight excluding hydrogens is 256 g/mol. The predicted molar refractivity (Wildman–Crippen MR) is 71.3 cm³/mol.